The highest BCUT2D eigenvalue weighted by atomic mass is 16.6. The van der Waals surface area contributed by atoms with Crippen LogP contribution in [0.2, 0.25) is 0 Å². The van der Waals surface area contributed by atoms with Crippen LogP contribution in [0.15, 0.2) is 0 Å². The lowest BCUT2D eigenvalue weighted by molar-refractivity contribution is -0.109. The summed E-state index contributed by atoms with van der Waals surface area (Å²) in [6, 6.07) is 0. The molecule has 1 saturated heterocycles. The van der Waals surface area contributed by atoms with Crippen LogP contribution in [0.4, 0.5) is 0 Å². The summed E-state index contributed by atoms with van der Waals surface area (Å²) in [6.45, 7) is 6.33. The zero-order chi connectivity index (χ0) is 10.0. The van der Waals surface area contributed by atoms with E-state index in [0.29, 0.717) is 6.10 Å². The Bertz CT molecular complexity index is 189. The van der Waals surface area contributed by atoms with Crippen LogP contribution < -0.4 is 0 Å². The van der Waals surface area contributed by atoms with Crippen molar-refractivity contribution in [2.75, 3.05) is 13.2 Å². The summed E-state index contributed by atoms with van der Waals surface area (Å²) >= 11 is 0. The third-order valence-electron chi connectivity index (χ3n) is 3.94. The number of ether oxygens (including phenoxy) is 2. The van der Waals surface area contributed by atoms with Crippen LogP contribution >= 0.6 is 0 Å². The van der Waals surface area contributed by atoms with Gasteiger partial charge in [-0.15, -0.1) is 0 Å². The minimum Gasteiger partial charge on any atom is -0.372 e. The van der Waals surface area contributed by atoms with Crippen LogP contribution in [0, 0.1) is 5.92 Å². The van der Waals surface area contributed by atoms with Crippen LogP contribution in [0.1, 0.15) is 46.0 Å². The fourth-order valence-electron chi connectivity index (χ4n) is 2.65. The maximum Gasteiger partial charge on any atom is 0.104 e. The topological polar surface area (TPSA) is 21.8 Å². The van der Waals surface area contributed by atoms with E-state index in [-0.39, 0.29) is 5.60 Å². The Balaban J connectivity index is 1.90. The molecule has 0 amide bonds. The maximum absolute atomic E-state index is 6.13. The van der Waals surface area contributed by atoms with Crippen molar-refractivity contribution in [2.24, 2.45) is 5.92 Å². The summed E-state index contributed by atoms with van der Waals surface area (Å²) in [4.78, 5) is 0. The first-order chi connectivity index (χ1) is 6.77. The molecular formula is C12H22O2. The lowest BCUT2D eigenvalue weighted by Crippen LogP contribution is -2.42. The Morgan fingerprint density at radius 1 is 1.43 bits per heavy atom. The molecule has 2 rings (SSSR count). The number of epoxide rings is 1. The Morgan fingerprint density at radius 2 is 2.21 bits per heavy atom. The fourth-order valence-corrected chi connectivity index (χ4v) is 2.65. The predicted octanol–water partition coefficient (Wildman–Crippen LogP) is 2.76. The quantitative estimate of drug-likeness (QED) is 0.648. The van der Waals surface area contributed by atoms with Crippen molar-refractivity contribution in [3.8, 4) is 0 Å². The predicted molar refractivity (Wildman–Crippen MR) is 56.3 cm³/mol. The monoisotopic (exact) mass is 198 g/mol. The molecule has 1 aliphatic heterocycles. The highest BCUT2D eigenvalue weighted by Crippen LogP contribution is 2.39. The Kier molecular flexibility index (Phi) is 3.13. The van der Waals surface area contributed by atoms with Crippen molar-refractivity contribution in [2.45, 2.75) is 57.7 Å². The smallest absolute Gasteiger partial charge is 0.104 e. The van der Waals surface area contributed by atoms with E-state index in [1.54, 1.807) is 0 Å². The first-order valence-electron chi connectivity index (χ1n) is 6.02. The van der Waals surface area contributed by atoms with E-state index in [1.807, 2.05) is 0 Å². The summed E-state index contributed by atoms with van der Waals surface area (Å²) in [5, 5.41) is 0. The Hall–Kier alpha value is -0.0800. The molecule has 0 spiro atoms. The summed E-state index contributed by atoms with van der Waals surface area (Å²) in [5.74, 6) is 0.722. The van der Waals surface area contributed by atoms with E-state index >= 15 is 0 Å². The second kappa shape index (κ2) is 4.19. The molecule has 1 saturated carbocycles. The van der Waals surface area contributed by atoms with Gasteiger partial charge in [0, 0.05) is 0 Å². The highest BCUT2D eigenvalue weighted by Gasteiger charge is 2.39. The molecular weight excluding hydrogens is 176 g/mol. The summed E-state index contributed by atoms with van der Waals surface area (Å²) < 4.78 is 11.3. The molecule has 1 heterocycles. The van der Waals surface area contributed by atoms with Gasteiger partial charge >= 0.3 is 0 Å². The standard InChI is InChI=1S/C12H22O2/c1-3-12(14-9-11-8-13-11)7-5-4-6-10(12)2/h10-11H,3-9H2,1-2H3. The van der Waals surface area contributed by atoms with Crippen LogP contribution in [0.5, 0.6) is 0 Å². The van der Waals surface area contributed by atoms with Crippen LogP contribution in [0.3, 0.4) is 0 Å². The lowest BCUT2D eigenvalue weighted by atomic mass is 9.74. The van der Waals surface area contributed by atoms with Gasteiger partial charge in [0.15, 0.2) is 0 Å². The van der Waals surface area contributed by atoms with Gasteiger partial charge in [-0.25, -0.2) is 0 Å². The highest BCUT2D eigenvalue weighted by molar-refractivity contribution is 4.89. The molecule has 0 radical (unpaired) electrons. The summed E-state index contributed by atoms with van der Waals surface area (Å²) in [6.07, 6.45) is 6.86. The molecule has 0 aromatic rings. The van der Waals surface area contributed by atoms with Crippen molar-refractivity contribution < 1.29 is 9.47 Å². The molecule has 3 atom stereocenters. The largest absolute Gasteiger partial charge is 0.372 e. The molecule has 2 nitrogen and oxygen atoms in total. The molecule has 3 unspecified atom stereocenters. The first-order valence-corrected chi connectivity index (χ1v) is 6.02. The van der Waals surface area contributed by atoms with E-state index in [1.165, 1.54) is 25.7 Å². The second-order valence-corrected chi connectivity index (χ2v) is 4.83. The molecule has 82 valence electrons. The van der Waals surface area contributed by atoms with E-state index in [4.69, 9.17) is 9.47 Å². The lowest BCUT2D eigenvalue weighted by Gasteiger charge is -2.42. The van der Waals surface area contributed by atoms with Gasteiger partial charge in [0.1, 0.15) is 6.10 Å². The molecule has 0 bridgehead atoms. The van der Waals surface area contributed by atoms with Gasteiger partial charge in [0.25, 0.3) is 0 Å². The molecule has 0 aromatic heterocycles. The number of hydrogen-bond acceptors (Lipinski definition) is 2. The van der Waals surface area contributed by atoms with Crippen molar-refractivity contribution in [1.29, 1.82) is 0 Å². The maximum atomic E-state index is 6.13. The van der Waals surface area contributed by atoms with Crippen molar-refractivity contribution in [3.05, 3.63) is 0 Å². The average molecular weight is 198 g/mol. The Labute approximate surface area is 87.0 Å². The van der Waals surface area contributed by atoms with E-state index in [2.05, 4.69) is 13.8 Å². The zero-order valence-electron chi connectivity index (χ0n) is 9.42. The normalized spacial score (nSPS) is 42.4. The zero-order valence-corrected chi connectivity index (χ0v) is 9.42. The molecule has 2 fully saturated rings. The number of rotatable bonds is 4. The minimum atomic E-state index is 0.171. The van der Waals surface area contributed by atoms with Crippen molar-refractivity contribution in [3.63, 3.8) is 0 Å². The van der Waals surface area contributed by atoms with Gasteiger partial charge in [-0.2, -0.15) is 0 Å². The molecule has 2 heteroatoms. The molecule has 0 aromatic carbocycles. The van der Waals surface area contributed by atoms with Gasteiger partial charge in [-0.05, 0) is 25.2 Å². The fraction of sp³-hybridized carbons (Fsp3) is 1.00. The van der Waals surface area contributed by atoms with Gasteiger partial charge < -0.3 is 9.47 Å². The number of hydrogen-bond donors (Lipinski definition) is 0. The van der Waals surface area contributed by atoms with Gasteiger partial charge in [-0.3, -0.25) is 0 Å². The van der Waals surface area contributed by atoms with E-state index in [0.717, 1.165) is 25.6 Å². The van der Waals surface area contributed by atoms with Crippen LogP contribution in [0.25, 0.3) is 0 Å². The Morgan fingerprint density at radius 3 is 2.79 bits per heavy atom. The average Bonchev–Trinajstić information content (AvgIpc) is 3.01. The molecule has 14 heavy (non-hydrogen) atoms. The minimum absolute atomic E-state index is 0.171. The van der Waals surface area contributed by atoms with E-state index in [9.17, 15) is 0 Å². The molecule has 2 aliphatic rings. The second-order valence-electron chi connectivity index (χ2n) is 4.83. The third-order valence-corrected chi connectivity index (χ3v) is 3.94. The van der Waals surface area contributed by atoms with Gasteiger partial charge in [-0.1, -0.05) is 26.7 Å². The van der Waals surface area contributed by atoms with Crippen LogP contribution in [-0.2, 0) is 9.47 Å². The SMILES string of the molecule is CCC1(OCC2CO2)CCCCC1C. The van der Waals surface area contributed by atoms with Gasteiger partial charge in [0.2, 0.25) is 0 Å². The molecule has 0 N–H and O–H groups in total. The van der Waals surface area contributed by atoms with Gasteiger partial charge in [0.05, 0.1) is 18.8 Å². The van der Waals surface area contributed by atoms with Crippen molar-refractivity contribution in [1.82, 2.24) is 0 Å². The van der Waals surface area contributed by atoms with Crippen LogP contribution in [-0.4, -0.2) is 24.9 Å². The van der Waals surface area contributed by atoms with Crippen molar-refractivity contribution >= 4 is 0 Å². The summed E-state index contributed by atoms with van der Waals surface area (Å²) in [5.41, 5.74) is 0.171. The first kappa shape index (κ1) is 10.4. The third kappa shape index (κ3) is 2.12. The summed E-state index contributed by atoms with van der Waals surface area (Å²) in [7, 11) is 0. The van der Waals surface area contributed by atoms with E-state index < -0.39 is 0 Å². The molecule has 1 aliphatic carbocycles.